The monoisotopic (exact) mass is 231 g/mol. The normalized spacial score (nSPS) is 16.3. The fourth-order valence-electron chi connectivity index (χ4n) is 1.53. The molecule has 14 heavy (non-hydrogen) atoms. The van der Waals surface area contributed by atoms with E-state index in [9.17, 15) is 0 Å². The molecule has 5 heteroatoms. The van der Waals surface area contributed by atoms with E-state index in [1.165, 1.54) is 24.6 Å². The maximum atomic E-state index is 5.98. The van der Waals surface area contributed by atoms with Crippen LogP contribution in [0.1, 0.15) is 26.7 Å². The summed E-state index contributed by atoms with van der Waals surface area (Å²) in [5.41, 5.74) is 0. The van der Waals surface area contributed by atoms with Crippen molar-refractivity contribution in [1.82, 2.24) is 8.75 Å². The fourth-order valence-corrected chi connectivity index (χ4v) is 2.29. The van der Waals surface area contributed by atoms with E-state index in [2.05, 4.69) is 27.5 Å². The summed E-state index contributed by atoms with van der Waals surface area (Å²) in [6.07, 6.45) is 2.53. The summed E-state index contributed by atoms with van der Waals surface area (Å²) in [4.78, 5) is 2.30. The van der Waals surface area contributed by atoms with Gasteiger partial charge in [-0.05, 0) is 18.8 Å². The number of hydrogen-bond acceptors (Lipinski definition) is 4. The molecule has 0 aliphatic heterocycles. The average Bonchev–Trinajstić information content (AvgIpc) is 2.86. The minimum absolute atomic E-state index is 0.558. The molecule has 1 aliphatic rings. The van der Waals surface area contributed by atoms with Crippen LogP contribution in [-0.4, -0.2) is 21.3 Å². The number of anilines is 1. The van der Waals surface area contributed by atoms with Gasteiger partial charge in [-0.2, -0.15) is 8.75 Å². The predicted molar refractivity (Wildman–Crippen MR) is 60.1 cm³/mol. The van der Waals surface area contributed by atoms with Crippen LogP contribution in [0.5, 0.6) is 0 Å². The Balaban J connectivity index is 2.14. The van der Waals surface area contributed by atoms with Crippen molar-refractivity contribution in [1.29, 1.82) is 0 Å². The highest BCUT2D eigenvalue weighted by Gasteiger charge is 2.32. The summed E-state index contributed by atoms with van der Waals surface area (Å²) >= 11 is 7.18. The van der Waals surface area contributed by atoms with Crippen LogP contribution in [0.4, 0.5) is 5.82 Å². The van der Waals surface area contributed by atoms with Crippen LogP contribution in [-0.2, 0) is 0 Å². The van der Waals surface area contributed by atoms with E-state index in [0.29, 0.717) is 17.1 Å². The molecule has 1 aromatic heterocycles. The molecule has 0 atom stereocenters. The van der Waals surface area contributed by atoms with Gasteiger partial charge in [0.25, 0.3) is 0 Å². The number of aromatic nitrogens is 2. The molecule has 78 valence electrons. The maximum absolute atomic E-state index is 5.98. The van der Waals surface area contributed by atoms with Gasteiger partial charge in [0.1, 0.15) is 0 Å². The van der Waals surface area contributed by atoms with Gasteiger partial charge in [-0.15, -0.1) is 0 Å². The number of rotatable bonds is 4. The SMILES string of the molecule is CC(C)CN(c1nsnc1Cl)C1CC1. The quantitative estimate of drug-likeness (QED) is 0.798. The highest BCUT2D eigenvalue weighted by atomic mass is 35.5. The van der Waals surface area contributed by atoms with Crippen molar-refractivity contribution < 1.29 is 0 Å². The molecule has 1 aromatic rings. The third kappa shape index (κ3) is 2.17. The van der Waals surface area contributed by atoms with Crippen LogP contribution in [0, 0.1) is 5.92 Å². The molecule has 0 bridgehead atoms. The zero-order valence-corrected chi connectivity index (χ0v) is 9.98. The Morgan fingerprint density at radius 2 is 2.21 bits per heavy atom. The predicted octanol–water partition coefficient (Wildman–Crippen LogP) is 2.82. The maximum Gasteiger partial charge on any atom is 0.187 e. The second kappa shape index (κ2) is 4.03. The van der Waals surface area contributed by atoms with Gasteiger partial charge < -0.3 is 4.90 Å². The van der Waals surface area contributed by atoms with Crippen molar-refractivity contribution in [2.24, 2.45) is 5.92 Å². The molecule has 1 fully saturated rings. The molecular formula is C9H14ClN3S. The summed E-state index contributed by atoms with van der Waals surface area (Å²) in [5.74, 6) is 1.52. The van der Waals surface area contributed by atoms with E-state index in [0.717, 1.165) is 12.4 Å². The Morgan fingerprint density at radius 1 is 1.50 bits per heavy atom. The van der Waals surface area contributed by atoms with E-state index in [4.69, 9.17) is 11.6 Å². The van der Waals surface area contributed by atoms with Crippen LogP contribution in [0.2, 0.25) is 5.15 Å². The van der Waals surface area contributed by atoms with Crippen molar-refractivity contribution >= 4 is 29.1 Å². The molecule has 2 rings (SSSR count). The molecule has 0 saturated heterocycles. The van der Waals surface area contributed by atoms with Crippen LogP contribution in [0.15, 0.2) is 0 Å². The molecule has 0 radical (unpaired) electrons. The number of hydrogen-bond donors (Lipinski definition) is 0. The topological polar surface area (TPSA) is 29.0 Å². The standard InChI is InChI=1S/C9H14ClN3S/c1-6(2)5-13(7-3-4-7)9-8(10)11-14-12-9/h6-7H,3-5H2,1-2H3. The third-order valence-corrected chi connectivity index (χ3v) is 3.13. The van der Waals surface area contributed by atoms with Crippen molar-refractivity contribution in [2.75, 3.05) is 11.4 Å². The van der Waals surface area contributed by atoms with E-state index in [1.54, 1.807) is 0 Å². The lowest BCUT2D eigenvalue weighted by molar-refractivity contribution is 0.604. The Hall–Kier alpha value is -0.350. The number of halogens is 1. The molecule has 0 aromatic carbocycles. The highest BCUT2D eigenvalue weighted by molar-refractivity contribution is 6.99. The van der Waals surface area contributed by atoms with Gasteiger partial charge in [0.2, 0.25) is 0 Å². The first kappa shape index (κ1) is 10.2. The molecule has 1 heterocycles. The average molecular weight is 232 g/mol. The lowest BCUT2D eigenvalue weighted by Gasteiger charge is -2.23. The Kier molecular flexibility index (Phi) is 2.93. The summed E-state index contributed by atoms with van der Waals surface area (Å²) in [6, 6.07) is 0.652. The zero-order chi connectivity index (χ0) is 10.1. The molecule has 0 N–H and O–H groups in total. The van der Waals surface area contributed by atoms with E-state index in [1.807, 2.05) is 0 Å². The van der Waals surface area contributed by atoms with Crippen molar-refractivity contribution in [3.8, 4) is 0 Å². The Labute approximate surface area is 93.4 Å². The largest absolute Gasteiger partial charge is 0.350 e. The van der Waals surface area contributed by atoms with E-state index < -0.39 is 0 Å². The fraction of sp³-hybridized carbons (Fsp3) is 0.778. The van der Waals surface area contributed by atoms with Gasteiger partial charge in [0.15, 0.2) is 11.0 Å². The molecule has 1 aliphatic carbocycles. The lowest BCUT2D eigenvalue weighted by atomic mass is 10.2. The van der Waals surface area contributed by atoms with Gasteiger partial charge in [-0.25, -0.2) is 0 Å². The first-order chi connectivity index (χ1) is 6.68. The molecule has 3 nitrogen and oxygen atoms in total. The van der Waals surface area contributed by atoms with Crippen molar-refractivity contribution in [2.45, 2.75) is 32.7 Å². The van der Waals surface area contributed by atoms with Gasteiger partial charge in [-0.1, -0.05) is 25.4 Å². The first-order valence-corrected chi connectivity index (χ1v) is 6.04. The van der Waals surface area contributed by atoms with Gasteiger partial charge in [0, 0.05) is 12.6 Å². The molecule has 0 amide bonds. The second-order valence-corrected chi connectivity index (χ2v) is 5.04. The Bertz CT molecular complexity index is 309. The Morgan fingerprint density at radius 3 is 2.64 bits per heavy atom. The first-order valence-electron chi connectivity index (χ1n) is 4.93. The van der Waals surface area contributed by atoms with Crippen molar-refractivity contribution in [3.63, 3.8) is 0 Å². The minimum Gasteiger partial charge on any atom is -0.350 e. The lowest BCUT2D eigenvalue weighted by Crippen LogP contribution is -2.30. The summed E-state index contributed by atoms with van der Waals surface area (Å²) in [6.45, 7) is 5.45. The molecular weight excluding hydrogens is 218 g/mol. The zero-order valence-electron chi connectivity index (χ0n) is 8.40. The number of nitrogens with zero attached hydrogens (tertiary/aromatic N) is 3. The van der Waals surface area contributed by atoms with Gasteiger partial charge >= 0.3 is 0 Å². The second-order valence-electron chi connectivity index (χ2n) is 4.16. The van der Waals surface area contributed by atoms with Crippen LogP contribution in [0.3, 0.4) is 0 Å². The summed E-state index contributed by atoms with van der Waals surface area (Å²) < 4.78 is 8.26. The molecule has 0 spiro atoms. The van der Waals surface area contributed by atoms with Crippen LogP contribution < -0.4 is 4.90 Å². The third-order valence-electron chi connectivity index (χ3n) is 2.25. The molecule has 1 saturated carbocycles. The summed E-state index contributed by atoms with van der Waals surface area (Å²) in [5, 5.41) is 0.558. The van der Waals surface area contributed by atoms with Crippen LogP contribution >= 0.6 is 23.3 Å². The summed E-state index contributed by atoms with van der Waals surface area (Å²) in [7, 11) is 0. The van der Waals surface area contributed by atoms with E-state index in [-0.39, 0.29) is 0 Å². The van der Waals surface area contributed by atoms with Crippen molar-refractivity contribution in [3.05, 3.63) is 5.15 Å². The smallest absolute Gasteiger partial charge is 0.187 e. The van der Waals surface area contributed by atoms with Gasteiger partial charge in [-0.3, -0.25) is 0 Å². The van der Waals surface area contributed by atoms with Crippen LogP contribution in [0.25, 0.3) is 0 Å². The van der Waals surface area contributed by atoms with Gasteiger partial charge in [0.05, 0.1) is 11.7 Å². The highest BCUT2D eigenvalue weighted by Crippen LogP contribution is 2.34. The minimum atomic E-state index is 0.558. The van der Waals surface area contributed by atoms with E-state index >= 15 is 0 Å². The molecule has 0 unspecified atom stereocenters.